The molecule has 5 aromatic carbocycles. The first-order valence-corrected chi connectivity index (χ1v) is 7.42. The third-order valence-corrected chi connectivity index (χ3v) is 4.67. The molecule has 0 heterocycles. The zero-order valence-corrected chi connectivity index (χ0v) is 11.8. The molecule has 0 N–H and O–H groups in total. The molecule has 5 rings (SSSR count). The number of carbonyl (C=O) groups excluding carboxylic acids is 1. The Labute approximate surface area is 127 Å². The highest BCUT2D eigenvalue weighted by Gasteiger charge is 2.14. The van der Waals surface area contributed by atoms with Gasteiger partial charge >= 0.3 is 0 Å². The number of benzene rings is 5. The summed E-state index contributed by atoms with van der Waals surface area (Å²) in [7, 11) is 0. The summed E-state index contributed by atoms with van der Waals surface area (Å²) < 4.78 is 0. The van der Waals surface area contributed by atoms with Gasteiger partial charge in [0, 0.05) is 10.9 Å². The average Bonchev–Trinajstić information content (AvgIpc) is 2.60. The summed E-state index contributed by atoms with van der Waals surface area (Å²) in [6.45, 7) is 0. The predicted molar refractivity (Wildman–Crippen MR) is 93.0 cm³/mol. The molecule has 0 unspecified atom stereocenters. The van der Waals surface area contributed by atoms with Crippen LogP contribution in [0.15, 0.2) is 66.7 Å². The number of hydrogen-bond acceptors (Lipinski definition) is 1. The monoisotopic (exact) mass is 280 g/mol. The molecule has 22 heavy (non-hydrogen) atoms. The zero-order chi connectivity index (χ0) is 14.7. The van der Waals surface area contributed by atoms with Gasteiger partial charge < -0.3 is 0 Å². The van der Waals surface area contributed by atoms with Crippen LogP contribution in [0.4, 0.5) is 0 Å². The fourth-order valence-electron chi connectivity index (χ4n) is 3.76. The third-order valence-electron chi connectivity index (χ3n) is 4.67. The maximum Gasteiger partial charge on any atom is 0.150 e. The number of carbonyl (C=O) groups is 1. The van der Waals surface area contributed by atoms with E-state index >= 15 is 0 Å². The van der Waals surface area contributed by atoms with Gasteiger partial charge in [0.1, 0.15) is 0 Å². The maximum absolute atomic E-state index is 11.6. The molecule has 1 nitrogen and oxygen atoms in total. The smallest absolute Gasteiger partial charge is 0.150 e. The highest BCUT2D eigenvalue weighted by molar-refractivity contribution is 6.35. The van der Waals surface area contributed by atoms with Gasteiger partial charge in [0.25, 0.3) is 0 Å². The summed E-state index contributed by atoms with van der Waals surface area (Å²) >= 11 is 0. The lowest BCUT2D eigenvalue weighted by Crippen LogP contribution is -1.91. The van der Waals surface area contributed by atoms with Crippen LogP contribution in [0.25, 0.3) is 43.1 Å². The van der Waals surface area contributed by atoms with Crippen molar-refractivity contribution in [3.8, 4) is 0 Å². The Morgan fingerprint density at radius 2 is 1.18 bits per heavy atom. The molecule has 1 heteroatoms. The van der Waals surface area contributed by atoms with E-state index in [-0.39, 0.29) is 0 Å². The largest absolute Gasteiger partial charge is 0.298 e. The fourth-order valence-corrected chi connectivity index (χ4v) is 3.76. The van der Waals surface area contributed by atoms with Gasteiger partial charge in [-0.3, -0.25) is 4.79 Å². The fraction of sp³-hybridized carbons (Fsp3) is 0. The summed E-state index contributed by atoms with van der Waals surface area (Å²) in [5.74, 6) is 0. The molecule has 0 saturated carbocycles. The lowest BCUT2D eigenvalue weighted by Gasteiger charge is -2.15. The Hall–Kier alpha value is -2.93. The highest BCUT2D eigenvalue weighted by Crippen LogP contribution is 2.41. The van der Waals surface area contributed by atoms with E-state index in [0.717, 1.165) is 22.6 Å². The van der Waals surface area contributed by atoms with Gasteiger partial charge in [-0.05, 0) is 37.7 Å². The molecular formula is C21H12O. The van der Waals surface area contributed by atoms with Crippen LogP contribution in [-0.2, 0) is 0 Å². The molecule has 0 atom stereocenters. The van der Waals surface area contributed by atoms with E-state index < -0.39 is 0 Å². The second kappa shape index (κ2) is 4.05. The Bertz CT molecular complexity index is 1180. The molecule has 0 fully saturated rings. The van der Waals surface area contributed by atoms with E-state index in [9.17, 15) is 4.79 Å². The normalized spacial score (nSPS) is 11.8. The topological polar surface area (TPSA) is 17.1 Å². The van der Waals surface area contributed by atoms with Crippen molar-refractivity contribution in [3.63, 3.8) is 0 Å². The third kappa shape index (κ3) is 1.31. The van der Waals surface area contributed by atoms with Gasteiger partial charge in [0.15, 0.2) is 6.29 Å². The molecule has 102 valence electrons. The van der Waals surface area contributed by atoms with Crippen LogP contribution in [-0.4, -0.2) is 6.29 Å². The Morgan fingerprint density at radius 1 is 0.545 bits per heavy atom. The van der Waals surface area contributed by atoms with Crippen LogP contribution in [0.5, 0.6) is 0 Å². The molecule has 0 saturated heterocycles. The molecule has 0 aliphatic rings. The SMILES string of the molecule is O=Cc1ccc2ccc3cccc4c5ccccc5c1c2c34. The molecule has 5 aromatic rings. The Balaban J connectivity index is 2.31. The van der Waals surface area contributed by atoms with Gasteiger partial charge in [-0.25, -0.2) is 0 Å². The van der Waals surface area contributed by atoms with Crippen molar-refractivity contribution in [2.45, 2.75) is 0 Å². The summed E-state index contributed by atoms with van der Waals surface area (Å²) in [5.41, 5.74) is 0.766. The predicted octanol–water partition coefficient (Wildman–Crippen LogP) is 5.55. The van der Waals surface area contributed by atoms with Gasteiger partial charge in [0.05, 0.1) is 0 Å². The van der Waals surface area contributed by atoms with E-state index in [0.29, 0.717) is 0 Å². The number of rotatable bonds is 1. The van der Waals surface area contributed by atoms with Crippen LogP contribution >= 0.6 is 0 Å². The van der Waals surface area contributed by atoms with Crippen LogP contribution in [0.3, 0.4) is 0 Å². The summed E-state index contributed by atoms with van der Waals surface area (Å²) in [6, 6.07) is 23.1. The first-order chi connectivity index (χ1) is 10.9. The van der Waals surface area contributed by atoms with Gasteiger partial charge in [0.2, 0.25) is 0 Å². The van der Waals surface area contributed by atoms with E-state index in [1.165, 1.54) is 32.3 Å². The van der Waals surface area contributed by atoms with E-state index in [4.69, 9.17) is 0 Å². The van der Waals surface area contributed by atoms with Crippen molar-refractivity contribution in [1.29, 1.82) is 0 Å². The molecule has 0 aliphatic heterocycles. The van der Waals surface area contributed by atoms with Crippen molar-refractivity contribution >= 4 is 49.4 Å². The highest BCUT2D eigenvalue weighted by atomic mass is 16.1. The van der Waals surface area contributed by atoms with Gasteiger partial charge in [-0.15, -0.1) is 0 Å². The van der Waals surface area contributed by atoms with E-state index in [1.807, 2.05) is 18.2 Å². The Morgan fingerprint density at radius 3 is 2.00 bits per heavy atom. The molecule has 0 radical (unpaired) electrons. The van der Waals surface area contributed by atoms with Crippen molar-refractivity contribution in [3.05, 3.63) is 72.3 Å². The van der Waals surface area contributed by atoms with Gasteiger partial charge in [-0.2, -0.15) is 0 Å². The lowest BCUT2D eigenvalue weighted by atomic mass is 9.87. The second-order valence-corrected chi connectivity index (χ2v) is 5.76. The zero-order valence-electron chi connectivity index (χ0n) is 11.8. The molecular weight excluding hydrogens is 268 g/mol. The van der Waals surface area contributed by atoms with E-state index in [1.54, 1.807) is 0 Å². The Kier molecular flexibility index (Phi) is 2.15. The quantitative estimate of drug-likeness (QED) is 0.223. The molecule has 0 bridgehead atoms. The van der Waals surface area contributed by atoms with Crippen molar-refractivity contribution < 1.29 is 4.79 Å². The number of hydrogen-bond donors (Lipinski definition) is 0. The second-order valence-electron chi connectivity index (χ2n) is 5.76. The first-order valence-electron chi connectivity index (χ1n) is 7.42. The van der Waals surface area contributed by atoms with Crippen LogP contribution in [0.1, 0.15) is 10.4 Å². The summed E-state index contributed by atoms with van der Waals surface area (Å²) in [5, 5.41) is 9.58. The minimum atomic E-state index is 0.766. The number of aldehydes is 1. The lowest BCUT2D eigenvalue weighted by molar-refractivity contribution is 0.112. The summed E-state index contributed by atoms with van der Waals surface area (Å²) in [4.78, 5) is 11.6. The molecule has 0 spiro atoms. The van der Waals surface area contributed by atoms with Crippen molar-refractivity contribution in [2.75, 3.05) is 0 Å². The average molecular weight is 280 g/mol. The molecule has 0 aromatic heterocycles. The minimum Gasteiger partial charge on any atom is -0.298 e. The first kappa shape index (κ1) is 11.7. The van der Waals surface area contributed by atoms with E-state index in [2.05, 4.69) is 48.5 Å². The van der Waals surface area contributed by atoms with Crippen molar-refractivity contribution in [1.82, 2.24) is 0 Å². The summed E-state index contributed by atoms with van der Waals surface area (Å²) in [6.07, 6.45) is 0.971. The maximum atomic E-state index is 11.6. The molecule has 0 aliphatic carbocycles. The van der Waals surface area contributed by atoms with Gasteiger partial charge in [-0.1, -0.05) is 66.7 Å². The molecule has 0 amide bonds. The van der Waals surface area contributed by atoms with Crippen LogP contribution in [0, 0.1) is 0 Å². The van der Waals surface area contributed by atoms with Crippen LogP contribution in [0.2, 0.25) is 0 Å². The van der Waals surface area contributed by atoms with Crippen molar-refractivity contribution in [2.24, 2.45) is 0 Å². The standard InChI is InChI=1S/C21H12O/c22-12-15-11-10-14-9-8-13-4-3-7-18-16-5-1-2-6-17(16)20(15)21(14)19(13)18/h1-12H. The minimum absolute atomic E-state index is 0.766. The van der Waals surface area contributed by atoms with Crippen LogP contribution < -0.4 is 0 Å². The number of fused-ring (bicyclic) bond motifs is 3.